The lowest BCUT2D eigenvalue weighted by molar-refractivity contribution is -0.266. The van der Waals surface area contributed by atoms with Crippen molar-refractivity contribution >= 4 is 27.3 Å². The normalized spacial score (nSPS) is 34.9. The molecule has 1 amide bonds. The van der Waals surface area contributed by atoms with Crippen molar-refractivity contribution in [2.24, 2.45) is 0 Å². The molecule has 19 nitrogen and oxygen atoms in total. The van der Waals surface area contributed by atoms with Gasteiger partial charge in [0.1, 0.15) is 36.6 Å². The van der Waals surface area contributed by atoms with E-state index < -0.39 is 94.3 Å². The number of hydrogen-bond acceptors (Lipinski definition) is 16. The monoisotopic (exact) mass is 587 g/mol. The number of aliphatic hydroxyl groups is 3. The Balaban J connectivity index is 1.65. The van der Waals surface area contributed by atoms with Crippen molar-refractivity contribution in [2.75, 3.05) is 6.61 Å². The average molecular weight is 587 g/mol. The van der Waals surface area contributed by atoms with Crippen LogP contribution in [0.25, 0.3) is 0 Å². The minimum atomic E-state index is -5.88. The highest BCUT2D eigenvalue weighted by Gasteiger charge is 2.46. The van der Waals surface area contributed by atoms with Crippen LogP contribution in [0, 0.1) is 0 Å². The van der Waals surface area contributed by atoms with Gasteiger partial charge in [0, 0.05) is 19.2 Å². The Hall–Kier alpha value is -2.12. The second-order valence-corrected chi connectivity index (χ2v) is 11.1. The van der Waals surface area contributed by atoms with Crippen LogP contribution in [-0.4, -0.2) is 86.0 Å². The van der Waals surface area contributed by atoms with Crippen LogP contribution in [0.3, 0.4) is 0 Å². The van der Waals surface area contributed by atoms with Gasteiger partial charge in [0.2, 0.25) is 5.91 Å². The molecule has 1 aromatic heterocycles. The summed E-state index contributed by atoms with van der Waals surface area (Å²) < 4.78 is 48.2. The van der Waals surface area contributed by atoms with Crippen LogP contribution in [-0.2, 0) is 41.6 Å². The number of aromatic nitrogens is 2. The average Bonchev–Trinajstić information content (AvgIpc) is 3.06. The fraction of sp³-hybridized carbons (Fsp3) is 0.647. The highest BCUT2D eigenvalue weighted by atomic mass is 31.3. The van der Waals surface area contributed by atoms with E-state index in [1.807, 2.05) is 10.3 Å². The SMILES string of the molecule is CC(=O)N[C@H]1[C@H](OP(=O)([O-])OP(=O)([O-])OC[C@H]2O[C@@H](n3ccc(=O)[nH]c3=O)[C@H](O)[C@@H]2O)O[C@H](C)C(=O)[C@@H]1O. The number of nitrogens with one attached hydrogen (secondary N) is 2. The number of hydrogen-bond donors (Lipinski definition) is 5. The number of ether oxygens (including phenoxy) is 2. The van der Waals surface area contributed by atoms with Gasteiger partial charge in [0.05, 0.1) is 6.61 Å². The van der Waals surface area contributed by atoms with Crippen molar-refractivity contribution in [1.29, 1.82) is 0 Å². The molecule has 0 saturated carbocycles. The molecule has 5 N–H and O–H groups in total. The number of amides is 1. The molecule has 0 aromatic carbocycles. The van der Waals surface area contributed by atoms with Gasteiger partial charge in [-0.2, -0.15) is 0 Å². The highest BCUT2D eigenvalue weighted by molar-refractivity contribution is 7.59. The van der Waals surface area contributed by atoms with Gasteiger partial charge in [-0.05, 0) is 6.92 Å². The minimum absolute atomic E-state index is 0.706. The van der Waals surface area contributed by atoms with Crippen molar-refractivity contribution in [3.05, 3.63) is 33.1 Å². The predicted molar refractivity (Wildman–Crippen MR) is 114 cm³/mol. The van der Waals surface area contributed by atoms with E-state index in [0.717, 1.165) is 26.1 Å². The van der Waals surface area contributed by atoms with Crippen molar-refractivity contribution < 1.29 is 66.7 Å². The Bertz CT molecular complexity index is 1270. The Labute approximate surface area is 212 Å². The Morgan fingerprint density at radius 3 is 2.42 bits per heavy atom. The summed E-state index contributed by atoms with van der Waals surface area (Å²) in [5.74, 6) is -1.73. The molecule has 214 valence electrons. The third-order valence-corrected chi connectivity index (χ3v) is 7.86. The maximum Gasteiger partial charge on any atom is 0.330 e. The van der Waals surface area contributed by atoms with Gasteiger partial charge in [-0.15, -0.1) is 0 Å². The number of aliphatic hydroxyl groups excluding tert-OH is 3. The summed E-state index contributed by atoms with van der Waals surface area (Å²) in [4.78, 5) is 72.6. The summed E-state index contributed by atoms with van der Waals surface area (Å²) in [6.07, 6.45) is -11.3. The number of aromatic amines is 1. The summed E-state index contributed by atoms with van der Waals surface area (Å²) in [5, 5.41) is 32.4. The van der Waals surface area contributed by atoms with E-state index in [0.29, 0.717) is 4.57 Å². The number of ketones is 1. The molecular weight excluding hydrogens is 564 g/mol. The molecule has 2 saturated heterocycles. The van der Waals surface area contributed by atoms with Crippen molar-refractivity contribution in [2.45, 2.75) is 62.9 Å². The van der Waals surface area contributed by atoms with Crippen LogP contribution in [0.15, 0.2) is 21.9 Å². The predicted octanol–water partition coefficient (Wildman–Crippen LogP) is -4.68. The van der Waals surface area contributed by atoms with E-state index >= 15 is 0 Å². The van der Waals surface area contributed by atoms with Gasteiger partial charge in [0.25, 0.3) is 21.2 Å². The van der Waals surface area contributed by atoms with E-state index in [2.05, 4.69) is 13.4 Å². The molecule has 3 rings (SSSR count). The topological polar surface area (TPSA) is 288 Å². The number of phosphoric acid groups is 2. The lowest BCUT2D eigenvalue weighted by atomic mass is 9.99. The standard InChI is InChI=1S/C17H25N3O16P2/c1-6-11(23)13(25)10(18-7(2)21)16(33-6)35-38(30,31)36-37(28,29)32-5-8-12(24)14(26)15(34-8)20-4-3-9(22)19-17(20)27/h3-4,6,8,10,12-16,24-26H,5H2,1-2H3,(H,18,21)(H,28,29)(H,30,31)(H,19,22,27)/p-2/t6-,8-,10-,12-,13-,14-,15-,16+/m1/s1. The lowest BCUT2D eigenvalue weighted by Crippen LogP contribution is -2.61. The van der Waals surface area contributed by atoms with Gasteiger partial charge in [-0.25, -0.2) is 9.11 Å². The van der Waals surface area contributed by atoms with Crippen LogP contribution in [0.2, 0.25) is 0 Å². The first-order valence-electron chi connectivity index (χ1n) is 10.6. The van der Waals surface area contributed by atoms with Gasteiger partial charge in [0.15, 0.2) is 18.3 Å². The number of carbonyl (C=O) groups excluding carboxylic acids is 2. The molecule has 0 aliphatic carbocycles. The fourth-order valence-corrected chi connectivity index (χ4v) is 5.66. The van der Waals surface area contributed by atoms with E-state index in [9.17, 15) is 53.4 Å². The summed E-state index contributed by atoms with van der Waals surface area (Å²) >= 11 is 0. The second kappa shape index (κ2) is 11.5. The zero-order chi connectivity index (χ0) is 28.6. The van der Waals surface area contributed by atoms with Crippen molar-refractivity contribution in [3.63, 3.8) is 0 Å². The first-order chi connectivity index (χ1) is 17.5. The molecule has 3 heterocycles. The van der Waals surface area contributed by atoms with Crippen molar-refractivity contribution in [3.8, 4) is 0 Å². The smallest absolute Gasteiger partial charge is 0.330 e. The first kappa shape index (κ1) is 30.4. The van der Waals surface area contributed by atoms with E-state index in [4.69, 9.17) is 9.47 Å². The summed E-state index contributed by atoms with van der Waals surface area (Å²) in [7, 11) is -11.7. The fourth-order valence-electron chi connectivity index (χ4n) is 3.57. The molecule has 0 spiro atoms. The molecular formula is C17H23N3O16P2-2. The quantitative estimate of drug-likeness (QED) is 0.170. The third-order valence-electron chi connectivity index (χ3n) is 5.33. The number of phosphoric ester groups is 2. The summed E-state index contributed by atoms with van der Waals surface area (Å²) in [6.45, 7) is 1.01. The molecule has 0 bridgehead atoms. The van der Waals surface area contributed by atoms with Crippen LogP contribution >= 0.6 is 15.6 Å². The zero-order valence-corrected chi connectivity index (χ0v) is 21.3. The molecule has 2 aliphatic heterocycles. The van der Waals surface area contributed by atoms with E-state index in [1.54, 1.807) is 0 Å². The number of rotatable bonds is 9. The van der Waals surface area contributed by atoms with Crippen LogP contribution in [0.5, 0.6) is 0 Å². The molecule has 38 heavy (non-hydrogen) atoms. The highest BCUT2D eigenvalue weighted by Crippen LogP contribution is 2.56. The molecule has 1 aromatic rings. The maximum atomic E-state index is 12.2. The van der Waals surface area contributed by atoms with Gasteiger partial charge in [-0.1, -0.05) is 0 Å². The summed E-state index contributed by atoms with van der Waals surface area (Å²) in [5.41, 5.74) is -1.77. The van der Waals surface area contributed by atoms with E-state index in [1.165, 1.54) is 0 Å². The van der Waals surface area contributed by atoms with Gasteiger partial charge < -0.3 is 44.4 Å². The Morgan fingerprint density at radius 1 is 1.16 bits per heavy atom. The molecule has 2 unspecified atom stereocenters. The van der Waals surface area contributed by atoms with Crippen LogP contribution in [0.1, 0.15) is 20.1 Å². The Kier molecular flexibility index (Phi) is 9.25. The molecule has 2 aliphatic rings. The largest absolute Gasteiger partial charge is 0.756 e. The number of H-pyrrole nitrogens is 1. The molecule has 10 atom stereocenters. The lowest BCUT2D eigenvalue weighted by Gasteiger charge is -2.40. The minimum Gasteiger partial charge on any atom is -0.756 e. The molecule has 2 fully saturated rings. The van der Waals surface area contributed by atoms with Gasteiger partial charge in [-0.3, -0.25) is 37.6 Å². The van der Waals surface area contributed by atoms with Crippen LogP contribution in [0.4, 0.5) is 0 Å². The van der Waals surface area contributed by atoms with Gasteiger partial charge >= 0.3 is 5.69 Å². The van der Waals surface area contributed by atoms with Crippen molar-refractivity contribution in [1.82, 2.24) is 14.9 Å². The number of Topliss-reactive ketones (excluding diaryl/α,β-unsaturated/α-hetero) is 1. The summed E-state index contributed by atoms with van der Waals surface area (Å²) in [6, 6.07) is -0.827. The number of nitrogens with zero attached hydrogens (tertiary/aromatic N) is 1. The molecule has 0 radical (unpaired) electrons. The zero-order valence-electron chi connectivity index (χ0n) is 19.5. The maximum absolute atomic E-state index is 12.2. The third kappa shape index (κ3) is 7.09. The number of carbonyl (C=O) groups is 2. The van der Waals surface area contributed by atoms with E-state index in [-0.39, 0.29) is 0 Å². The molecule has 21 heteroatoms. The second-order valence-electron chi connectivity index (χ2n) is 8.16. The first-order valence-corrected chi connectivity index (χ1v) is 13.6. The Morgan fingerprint density at radius 2 is 1.82 bits per heavy atom. The van der Waals surface area contributed by atoms with Crippen LogP contribution < -0.4 is 26.4 Å².